The molecule has 0 fully saturated rings. The normalized spacial score (nSPS) is 12.7. The molecule has 2 aromatic rings. The first-order valence-corrected chi connectivity index (χ1v) is 8.02. The van der Waals surface area contributed by atoms with Crippen LogP contribution in [0.15, 0.2) is 42.5 Å². The van der Waals surface area contributed by atoms with Gasteiger partial charge in [-0.1, -0.05) is 12.1 Å². The summed E-state index contributed by atoms with van der Waals surface area (Å²) in [6.07, 6.45) is 0. The molecular weight excluding hydrogens is 354 g/mol. The highest BCUT2D eigenvalue weighted by atomic mass is 16.6. The standard InChI is InChI=1S/C18H15N3O6/c1-19-15-7-6-11(21(25)26)10-14(15)18(24)27-9-8-20-16(22)12-4-2-3-5-13(12)17(20)23/h2-7,10,19H,8-9H2,1H3. The maximum Gasteiger partial charge on any atom is 0.340 e. The number of rotatable bonds is 6. The van der Waals surface area contributed by atoms with Gasteiger partial charge >= 0.3 is 5.97 Å². The summed E-state index contributed by atoms with van der Waals surface area (Å²) in [6, 6.07) is 10.2. The van der Waals surface area contributed by atoms with Gasteiger partial charge in [-0.3, -0.25) is 24.6 Å². The summed E-state index contributed by atoms with van der Waals surface area (Å²) in [5.74, 6) is -1.68. The van der Waals surface area contributed by atoms with Crippen LogP contribution in [0, 0.1) is 10.1 Å². The Balaban J connectivity index is 1.67. The van der Waals surface area contributed by atoms with E-state index in [-0.39, 0.29) is 24.4 Å². The van der Waals surface area contributed by atoms with Gasteiger partial charge in [0.2, 0.25) is 0 Å². The van der Waals surface area contributed by atoms with Crippen molar-refractivity contribution in [2.24, 2.45) is 0 Å². The fraction of sp³-hybridized carbons (Fsp3) is 0.167. The predicted octanol–water partition coefficient (Wildman–Crippen LogP) is 2.09. The Bertz CT molecular complexity index is 921. The number of nitrogens with zero attached hydrogens (tertiary/aromatic N) is 2. The molecule has 3 rings (SSSR count). The van der Waals surface area contributed by atoms with Crippen molar-refractivity contribution in [1.29, 1.82) is 0 Å². The second-order valence-corrected chi connectivity index (χ2v) is 5.68. The van der Waals surface area contributed by atoms with Crippen molar-refractivity contribution < 1.29 is 24.0 Å². The smallest absolute Gasteiger partial charge is 0.340 e. The van der Waals surface area contributed by atoms with E-state index in [9.17, 15) is 24.5 Å². The molecule has 0 aliphatic carbocycles. The van der Waals surface area contributed by atoms with Gasteiger partial charge in [0.15, 0.2) is 0 Å². The van der Waals surface area contributed by atoms with Gasteiger partial charge in [-0.05, 0) is 18.2 Å². The van der Waals surface area contributed by atoms with Crippen LogP contribution in [0.5, 0.6) is 0 Å². The highest BCUT2D eigenvalue weighted by molar-refractivity contribution is 6.21. The molecule has 0 saturated heterocycles. The minimum absolute atomic E-state index is 0.00550. The first kappa shape index (κ1) is 18.1. The first-order valence-electron chi connectivity index (χ1n) is 8.02. The molecule has 27 heavy (non-hydrogen) atoms. The van der Waals surface area contributed by atoms with Crippen molar-refractivity contribution >= 4 is 29.2 Å². The molecule has 9 heteroatoms. The molecule has 0 radical (unpaired) electrons. The molecule has 138 valence electrons. The third kappa shape index (κ3) is 3.34. The third-order valence-electron chi connectivity index (χ3n) is 4.13. The average Bonchev–Trinajstić information content (AvgIpc) is 2.92. The number of nitro benzene ring substituents is 1. The summed E-state index contributed by atoms with van der Waals surface area (Å²) >= 11 is 0. The number of carbonyl (C=O) groups is 3. The van der Waals surface area contributed by atoms with Gasteiger partial charge in [0.05, 0.1) is 28.2 Å². The lowest BCUT2D eigenvalue weighted by Crippen LogP contribution is -2.33. The number of ether oxygens (including phenoxy) is 1. The van der Waals surface area contributed by atoms with Crippen LogP contribution in [-0.4, -0.2) is 47.8 Å². The van der Waals surface area contributed by atoms with E-state index >= 15 is 0 Å². The number of nitrogens with one attached hydrogen (secondary N) is 1. The Labute approximate surface area is 153 Å². The van der Waals surface area contributed by atoms with E-state index < -0.39 is 22.7 Å². The molecule has 0 atom stereocenters. The van der Waals surface area contributed by atoms with Crippen LogP contribution in [0.2, 0.25) is 0 Å². The van der Waals surface area contributed by atoms with Crippen molar-refractivity contribution in [3.63, 3.8) is 0 Å². The van der Waals surface area contributed by atoms with Crippen molar-refractivity contribution in [3.8, 4) is 0 Å². The van der Waals surface area contributed by atoms with Crippen molar-refractivity contribution in [2.45, 2.75) is 0 Å². The number of imide groups is 1. The lowest BCUT2D eigenvalue weighted by Gasteiger charge is -2.14. The molecule has 0 bridgehead atoms. The predicted molar refractivity (Wildman–Crippen MR) is 94.7 cm³/mol. The SMILES string of the molecule is CNc1ccc([N+](=O)[O-])cc1C(=O)OCCN1C(=O)c2ccccc2C1=O. The third-order valence-corrected chi connectivity index (χ3v) is 4.13. The van der Waals surface area contributed by atoms with Crippen LogP contribution in [0.25, 0.3) is 0 Å². The highest BCUT2D eigenvalue weighted by Gasteiger charge is 2.34. The Morgan fingerprint density at radius 3 is 2.33 bits per heavy atom. The van der Waals surface area contributed by atoms with E-state index in [1.807, 2.05) is 0 Å². The van der Waals surface area contributed by atoms with Crippen molar-refractivity contribution in [3.05, 3.63) is 69.3 Å². The van der Waals surface area contributed by atoms with E-state index in [0.717, 1.165) is 11.0 Å². The summed E-state index contributed by atoms with van der Waals surface area (Å²) in [5, 5.41) is 13.7. The molecule has 1 aliphatic heterocycles. The number of hydrogen-bond donors (Lipinski definition) is 1. The van der Waals surface area contributed by atoms with Crippen molar-refractivity contribution in [2.75, 3.05) is 25.5 Å². The number of nitro groups is 1. The summed E-state index contributed by atoms with van der Waals surface area (Å²) in [6.45, 7) is -0.335. The lowest BCUT2D eigenvalue weighted by atomic mass is 10.1. The zero-order valence-electron chi connectivity index (χ0n) is 14.3. The van der Waals surface area contributed by atoms with Gasteiger partial charge in [-0.15, -0.1) is 0 Å². The molecule has 1 aliphatic rings. The van der Waals surface area contributed by atoms with Gasteiger partial charge in [-0.2, -0.15) is 0 Å². The summed E-state index contributed by atoms with van der Waals surface area (Å²) in [4.78, 5) is 48.1. The number of hydrogen-bond acceptors (Lipinski definition) is 7. The molecular formula is C18H15N3O6. The van der Waals surface area contributed by atoms with Crippen LogP contribution < -0.4 is 5.32 Å². The molecule has 0 unspecified atom stereocenters. The number of esters is 1. The van der Waals surface area contributed by atoms with Crippen LogP contribution in [0.4, 0.5) is 11.4 Å². The zero-order chi connectivity index (χ0) is 19.6. The first-order chi connectivity index (χ1) is 12.9. The van der Waals surface area contributed by atoms with Gasteiger partial charge in [0, 0.05) is 24.9 Å². The molecule has 2 amide bonds. The summed E-state index contributed by atoms with van der Waals surface area (Å²) in [5.41, 5.74) is 0.733. The number of benzene rings is 2. The largest absolute Gasteiger partial charge is 0.460 e. The van der Waals surface area contributed by atoms with Crippen LogP contribution in [0.3, 0.4) is 0 Å². The fourth-order valence-electron chi connectivity index (χ4n) is 2.78. The molecule has 1 heterocycles. The highest BCUT2D eigenvalue weighted by Crippen LogP contribution is 2.24. The average molecular weight is 369 g/mol. The van der Waals surface area contributed by atoms with E-state index in [4.69, 9.17) is 4.74 Å². The second kappa shape index (κ2) is 7.24. The molecule has 1 N–H and O–H groups in total. The molecule has 2 aromatic carbocycles. The van der Waals surface area contributed by atoms with Crippen LogP contribution in [-0.2, 0) is 4.74 Å². The van der Waals surface area contributed by atoms with Gasteiger partial charge in [0.1, 0.15) is 6.61 Å². The molecule has 0 aromatic heterocycles. The fourth-order valence-corrected chi connectivity index (χ4v) is 2.78. The number of non-ortho nitro benzene ring substituents is 1. The molecule has 9 nitrogen and oxygen atoms in total. The monoisotopic (exact) mass is 369 g/mol. The minimum Gasteiger partial charge on any atom is -0.460 e. The molecule has 0 spiro atoms. The van der Waals surface area contributed by atoms with E-state index in [1.165, 1.54) is 12.1 Å². The lowest BCUT2D eigenvalue weighted by molar-refractivity contribution is -0.384. The Hall–Kier alpha value is -3.75. The van der Waals surface area contributed by atoms with Crippen LogP contribution in [0.1, 0.15) is 31.1 Å². The maximum atomic E-state index is 12.3. The summed E-state index contributed by atoms with van der Waals surface area (Å²) < 4.78 is 5.12. The zero-order valence-corrected chi connectivity index (χ0v) is 14.3. The topological polar surface area (TPSA) is 119 Å². The number of carbonyl (C=O) groups excluding carboxylic acids is 3. The molecule has 0 saturated carbocycles. The Morgan fingerprint density at radius 2 is 1.78 bits per heavy atom. The number of amides is 2. The van der Waals surface area contributed by atoms with Gasteiger partial charge in [-0.25, -0.2) is 4.79 Å². The minimum atomic E-state index is -0.792. The van der Waals surface area contributed by atoms with E-state index in [2.05, 4.69) is 5.32 Å². The quantitative estimate of drug-likeness (QED) is 0.358. The van der Waals surface area contributed by atoms with Crippen molar-refractivity contribution in [1.82, 2.24) is 4.90 Å². The van der Waals surface area contributed by atoms with Gasteiger partial charge < -0.3 is 10.1 Å². The number of fused-ring (bicyclic) bond motifs is 1. The van der Waals surface area contributed by atoms with E-state index in [0.29, 0.717) is 16.8 Å². The number of anilines is 1. The second-order valence-electron chi connectivity index (χ2n) is 5.68. The van der Waals surface area contributed by atoms with E-state index in [1.54, 1.807) is 31.3 Å². The Morgan fingerprint density at radius 1 is 1.15 bits per heavy atom. The Kier molecular flexibility index (Phi) is 4.84. The summed E-state index contributed by atoms with van der Waals surface area (Å²) in [7, 11) is 1.57. The van der Waals surface area contributed by atoms with Gasteiger partial charge in [0.25, 0.3) is 17.5 Å². The van der Waals surface area contributed by atoms with Crippen LogP contribution >= 0.6 is 0 Å². The maximum absolute atomic E-state index is 12.3.